The van der Waals surface area contributed by atoms with Gasteiger partial charge in [0.25, 0.3) is 0 Å². The minimum Gasteiger partial charge on any atom is -0.394 e. The van der Waals surface area contributed by atoms with Crippen LogP contribution in [-0.4, -0.2) is 46.7 Å². The standard InChI is InChI=1S/C12H22N2O2/c1-9(2)13-10-4-7-14(11(10)16)12(8-15)5-3-6-12/h9-10,13,15H,3-8H2,1-2H3. The molecule has 2 aliphatic rings. The van der Waals surface area contributed by atoms with Gasteiger partial charge in [-0.15, -0.1) is 0 Å². The molecular weight excluding hydrogens is 204 g/mol. The van der Waals surface area contributed by atoms with Crippen LogP contribution in [0.4, 0.5) is 0 Å². The molecule has 2 fully saturated rings. The topological polar surface area (TPSA) is 52.6 Å². The molecule has 0 radical (unpaired) electrons. The Morgan fingerprint density at radius 1 is 1.56 bits per heavy atom. The first-order valence-corrected chi connectivity index (χ1v) is 6.27. The molecule has 1 aliphatic carbocycles. The van der Waals surface area contributed by atoms with E-state index < -0.39 is 0 Å². The lowest BCUT2D eigenvalue weighted by atomic mass is 9.76. The van der Waals surface area contributed by atoms with Crippen molar-refractivity contribution in [3.8, 4) is 0 Å². The molecule has 4 heteroatoms. The summed E-state index contributed by atoms with van der Waals surface area (Å²) in [6.45, 7) is 5.03. The van der Waals surface area contributed by atoms with Crippen LogP contribution in [0.1, 0.15) is 39.5 Å². The summed E-state index contributed by atoms with van der Waals surface area (Å²) in [5.74, 6) is 0.183. The second kappa shape index (κ2) is 4.34. The van der Waals surface area contributed by atoms with Crippen molar-refractivity contribution in [2.24, 2.45) is 0 Å². The average molecular weight is 226 g/mol. The van der Waals surface area contributed by atoms with Gasteiger partial charge in [-0.1, -0.05) is 13.8 Å². The zero-order valence-electron chi connectivity index (χ0n) is 10.2. The predicted molar refractivity (Wildman–Crippen MR) is 62.1 cm³/mol. The van der Waals surface area contributed by atoms with Crippen molar-refractivity contribution in [3.63, 3.8) is 0 Å². The van der Waals surface area contributed by atoms with Crippen molar-refractivity contribution < 1.29 is 9.90 Å². The number of nitrogens with one attached hydrogen (secondary N) is 1. The fraction of sp³-hybridized carbons (Fsp3) is 0.917. The molecule has 1 unspecified atom stereocenters. The summed E-state index contributed by atoms with van der Waals surface area (Å²) in [6.07, 6.45) is 3.93. The number of carbonyl (C=O) groups excluding carboxylic acids is 1. The van der Waals surface area contributed by atoms with Gasteiger partial charge in [0.05, 0.1) is 18.2 Å². The lowest BCUT2D eigenvalue weighted by Gasteiger charge is -2.47. The number of aliphatic hydroxyl groups excluding tert-OH is 1. The second-order valence-electron chi connectivity index (χ2n) is 5.39. The SMILES string of the molecule is CC(C)NC1CCN(C2(CO)CCC2)C1=O. The van der Waals surface area contributed by atoms with Crippen molar-refractivity contribution in [2.45, 2.75) is 57.2 Å². The van der Waals surface area contributed by atoms with Gasteiger partial charge in [-0.25, -0.2) is 0 Å². The fourth-order valence-corrected chi connectivity index (χ4v) is 2.81. The highest BCUT2D eigenvalue weighted by Gasteiger charge is 2.48. The molecule has 0 bridgehead atoms. The van der Waals surface area contributed by atoms with Crippen molar-refractivity contribution in [1.82, 2.24) is 10.2 Å². The van der Waals surface area contributed by atoms with E-state index in [0.717, 1.165) is 32.2 Å². The van der Waals surface area contributed by atoms with Crippen molar-refractivity contribution in [3.05, 3.63) is 0 Å². The Hall–Kier alpha value is -0.610. The number of carbonyl (C=O) groups is 1. The van der Waals surface area contributed by atoms with E-state index in [-0.39, 0.29) is 24.1 Å². The summed E-state index contributed by atoms with van der Waals surface area (Å²) in [6, 6.07) is 0.296. The van der Waals surface area contributed by atoms with Crippen LogP contribution in [0.5, 0.6) is 0 Å². The number of amides is 1. The maximum absolute atomic E-state index is 12.2. The van der Waals surface area contributed by atoms with Gasteiger partial charge >= 0.3 is 0 Å². The molecule has 16 heavy (non-hydrogen) atoms. The molecule has 1 heterocycles. The number of aliphatic hydroxyl groups is 1. The van der Waals surface area contributed by atoms with Crippen molar-refractivity contribution >= 4 is 5.91 Å². The van der Waals surface area contributed by atoms with E-state index >= 15 is 0 Å². The number of nitrogens with zero attached hydrogens (tertiary/aromatic N) is 1. The average Bonchev–Trinajstić information content (AvgIpc) is 2.49. The summed E-state index contributed by atoms with van der Waals surface area (Å²) in [5, 5.41) is 12.8. The summed E-state index contributed by atoms with van der Waals surface area (Å²) in [5.41, 5.74) is -0.218. The zero-order chi connectivity index (χ0) is 11.8. The molecule has 0 spiro atoms. The first kappa shape index (κ1) is 11.9. The van der Waals surface area contributed by atoms with Gasteiger partial charge in [0.1, 0.15) is 0 Å². The van der Waals surface area contributed by atoms with Crippen LogP contribution in [0.2, 0.25) is 0 Å². The van der Waals surface area contributed by atoms with E-state index in [2.05, 4.69) is 19.2 Å². The number of rotatable bonds is 4. The van der Waals surface area contributed by atoms with Crippen LogP contribution in [0, 0.1) is 0 Å². The van der Waals surface area contributed by atoms with Gasteiger partial charge in [-0.05, 0) is 25.7 Å². The van der Waals surface area contributed by atoms with Gasteiger partial charge in [-0.2, -0.15) is 0 Å². The third-order valence-electron chi connectivity index (χ3n) is 3.89. The molecule has 0 aromatic carbocycles. The first-order valence-electron chi connectivity index (χ1n) is 6.27. The Labute approximate surface area is 97.0 Å². The van der Waals surface area contributed by atoms with Crippen LogP contribution in [0.15, 0.2) is 0 Å². The van der Waals surface area contributed by atoms with Gasteiger partial charge in [0, 0.05) is 12.6 Å². The second-order valence-corrected chi connectivity index (χ2v) is 5.39. The fourth-order valence-electron chi connectivity index (χ4n) is 2.81. The summed E-state index contributed by atoms with van der Waals surface area (Å²) in [4.78, 5) is 14.1. The first-order chi connectivity index (χ1) is 7.59. The van der Waals surface area contributed by atoms with E-state index in [0.29, 0.717) is 6.04 Å². The van der Waals surface area contributed by atoms with Crippen molar-refractivity contribution in [1.29, 1.82) is 0 Å². The molecule has 1 saturated heterocycles. The lowest BCUT2D eigenvalue weighted by Crippen LogP contribution is -2.58. The highest BCUT2D eigenvalue weighted by atomic mass is 16.3. The number of hydrogen-bond donors (Lipinski definition) is 2. The molecule has 1 atom stereocenters. The third-order valence-corrected chi connectivity index (χ3v) is 3.89. The van der Waals surface area contributed by atoms with E-state index in [1.54, 1.807) is 0 Å². The number of likely N-dealkylation sites (tertiary alicyclic amines) is 1. The van der Waals surface area contributed by atoms with Crippen LogP contribution in [0.3, 0.4) is 0 Å². The van der Waals surface area contributed by atoms with Gasteiger partial charge in [0.15, 0.2) is 0 Å². The van der Waals surface area contributed by atoms with Gasteiger partial charge in [0.2, 0.25) is 5.91 Å². The van der Waals surface area contributed by atoms with Crippen LogP contribution in [-0.2, 0) is 4.79 Å². The van der Waals surface area contributed by atoms with E-state index in [1.807, 2.05) is 4.90 Å². The maximum Gasteiger partial charge on any atom is 0.240 e. The molecule has 2 N–H and O–H groups in total. The minimum atomic E-state index is -0.218. The Bertz CT molecular complexity index is 269. The summed E-state index contributed by atoms with van der Waals surface area (Å²) in [7, 11) is 0. The Kier molecular flexibility index (Phi) is 3.22. The summed E-state index contributed by atoms with van der Waals surface area (Å²) < 4.78 is 0. The molecule has 1 aliphatic heterocycles. The van der Waals surface area contributed by atoms with Crippen LogP contribution < -0.4 is 5.32 Å². The van der Waals surface area contributed by atoms with Crippen LogP contribution in [0.25, 0.3) is 0 Å². The zero-order valence-corrected chi connectivity index (χ0v) is 10.2. The summed E-state index contributed by atoms with van der Waals surface area (Å²) >= 11 is 0. The van der Waals surface area contributed by atoms with E-state index in [4.69, 9.17) is 0 Å². The number of hydrogen-bond acceptors (Lipinski definition) is 3. The molecule has 1 amide bonds. The highest BCUT2D eigenvalue weighted by molar-refractivity contribution is 5.85. The molecule has 0 aromatic rings. The smallest absolute Gasteiger partial charge is 0.240 e. The monoisotopic (exact) mass is 226 g/mol. The van der Waals surface area contributed by atoms with Gasteiger partial charge in [-0.3, -0.25) is 4.79 Å². The molecule has 4 nitrogen and oxygen atoms in total. The highest BCUT2D eigenvalue weighted by Crippen LogP contribution is 2.39. The quantitative estimate of drug-likeness (QED) is 0.734. The maximum atomic E-state index is 12.2. The normalized spacial score (nSPS) is 28.6. The lowest BCUT2D eigenvalue weighted by molar-refractivity contribution is -0.141. The Morgan fingerprint density at radius 3 is 2.69 bits per heavy atom. The van der Waals surface area contributed by atoms with E-state index in [9.17, 15) is 9.90 Å². The van der Waals surface area contributed by atoms with Crippen LogP contribution >= 0.6 is 0 Å². The molecule has 1 saturated carbocycles. The Balaban J connectivity index is 2.01. The van der Waals surface area contributed by atoms with E-state index in [1.165, 1.54) is 0 Å². The molecule has 0 aromatic heterocycles. The predicted octanol–water partition coefficient (Wildman–Crippen LogP) is 0.500. The Morgan fingerprint density at radius 2 is 2.25 bits per heavy atom. The largest absolute Gasteiger partial charge is 0.394 e. The van der Waals surface area contributed by atoms with Gasteiger partial charge < -0.3 is 15.3 Å². The third kappa shape index (κ3) is 1.84. The molecule has 2 rings (SSSR count). The van der Waals surface area contributed by atoms with Crippen molar-refractivity contribution in [2.75, 3.05) is 13.2 Å². The minimum absolute atomic E-state index is 0.0379. The molecular formula is C12H22N2O2. The molecule has 92 valence electrons.